The summed E-state index contributed by atoms with van der Waals surface area (Å²) in [6.07, 6.45) is 1.64. The van der Waals surface area contributed by atoms with Crippen molar-refractivity contribution in [2.24, 2.45) is 0 Å². The normalized spacial score (nSPS) is 10.3. The Morgan fingerprint density at radius 3 is 3.18 bits per heavy atom. The Morgan fingerprint density at radius 2 is 2.36 bits per heavy atom. The summed E-state index contributed by atoms with van der Waals surface area (Å²) in [4.78, 5) is 0. The van der Waals surface area contributed by atoms with Gasteiger partial charge in [-0.15, -0.1) is 0 Å². The average molecular weight is 146 g/mol. The van der Waals surface area contributed by atoms with Crippen molar-refractivity contribution in [2.75, 3.05) is 0 Å². The molecule has 0 saturated heterocycles. The van der Waals surface area contributed by atoms with Crippen LogP contribution < -0.4 is 0 Å². The molecule has 0 saturated carbocycles. The summed E-state index contributed by atoms with van der Waals surface area (Å²) in [7, 11) is 0. The summed E-state index contributed by atoms with van der Waals surface area (Å²) < 4.78 is 5.14. The van der Waals surface area contributed by atoms with E-state index < -0.39 is 0 Å². The Balaban J connectivity index is 2.67. The fourth-order valence-electron chi connectivity index (χ4n) is 1.11. The van der Waals surface area contributed by atoms with Crippen molar-refractivity contribution in [3.8, 4) is 0 Å². The zero-order chi connectivity index (χ0) is 7.68. The number of aliphatic hydroxyl groups is 1. The molecule has 2 rings (SSSR count). The van der Waals surface area contributed by atoms with Crippen molar-refractivity contribution in [1.29, 1.82) is 0 Å². The molecule has 0 radical (unpaired) electrons. The second kappa shape index (κ2) is 2.51. The molecule has 1 aromatic carbocycles. The summed E-state index contributed by atoms with van der Waals surface area (Å²) in [5, 5.41) is 9.84. The van der Waals surface area contributed by atoms with Gasteiger partial charge in [0.15, 0.2) is 0 Å². The van der Waals surface area contributed by atoms with Crippen molar-refractivity contribution in [1.82, 2.24) is 0 Å². The van der Waals surface area contributed by atoms with Gasteiger partial charge in [-0.05, 0) is 0 Å². The van der Waals surface area contributed by atoms with E-state index in [0.717, 1.165) is 16.4 Å². The van der Waals surface area contributed by atoms with E-state index in [1.165, 1.54) is 0 Å². The first-order valence-electron chi connectivity index (χ1n) is 3.47. The summed E-state index contributed by atoms with van der Waals surface area (Å²) in [5.41, 5.74) is 1.78. The fraction of sp³-hybridized carbons (Fsp3) is 0.125. The van der Waals surface area contributed by atoms with Crippen LogP contribution in [0, 0.1) is 0 Å². The third-order valence-corrected chi connectivity index (χ3v) is 1.70. The van der Waals surface area contributed by atoms with Crippen LogP contribution in [0.1, 0.15) is 5.56 Å². The van der Waals surface area contributed by atoms with Gasteiger partial charge in [-0.3, -0.25) is 0 Å². The molecular formula is C8H7BO2. The first-order chi connectivity index (χ1) is 5.40. The monoisotopic (exact) mass is 146 g/mol. The summed E-state index contributed by atoms with van der Waals surface area (Å²) in [6.45, 7) is 1.97. The Labute approximate surface area is 64.7 Å². The average Bonchev–Trinajstić information content (AvgIpc) is 2.50. The van der Waals surface area contributed by atoms with E-state index in [1.54, 1.807) is 6.16 Å². The summed E-state index contributed by atoms with van der Waals surface area (Å²) in [5.74, 6) is 0. The van der Waals surface area contributed by atoms with Gasteiger partial charge in [-0.2, -0.15) is 0 Å². The molecule has 0 bridgehead atoms. The zero-order valence-electron chi connectivity index (χ0n) is 5.95. The van der Waals surface area contributed by atoms with Crippen molar-refractivity contribution < 1.29 is 9.52 Å². The number of rotatable bonds is 1. The maximum atomic E-state index is 8.80. The summed E-state index contributed by atoms with van der Waals surface area (Å²) in [6, 6.07) is 5.63. The van der Waals surface area contributed by atoms with Gasteiger partial charge in [-0.1, -0.05) is 0 Å². The van der Waals surface area contributed by atoms with Crippen LogP contribution in [-0.4, -0.2) is 12.0 Å². The van der Waals surface area contributed by atoms with E-state index in [-0.39, 0.29) is 6.61 Å². The van der Waals surface area contributed by atoms with Crippen LogP contribution in [0.2, 0.25) is 0 Å². The first kappa shape index (κ1) is 6.61. The van der Waals surface area contributed by atoms with E-state index in [4.69, 9.17) is 9.52 Å². The van der Waals surface area contributed by atoms with E-state index in [1.807, 2.05) is 25.1 Å². The quantitative estimate of drug-likeness (QED) is 0.656. The van der Waals surface area contributed by atoms with Crippen molar-refractivity contribution in [2.45, 2.75) is 6.61 Å². The van der Waals surface area contributed by atoms with Crippen molar-refractivity contribution >= 4 is 17.8 Å². The molecule has 0 spiro atoms. The third kappa shape index (κ3) is 1.07. The Kier molecular flexibility index (Phi) is 1.51. The number of benzene rings is 1. The van der Waals surface area contributed by atoms with Crippen molar-refractivity contribution in [3.05, 3.63) is 29.9 Å². The predicted molar refractivity (Wildman–Crippen MR) is 43.5 cm³/mol. The molecule has 1 aromatic heterocycles. The summed E-state index contributed by atoms with van der Waals surface area (Å²) >= 11 is 0. The first-order valence-corrected chi connectivity index (χ1v) is 3.47. The van der Waals surface area contributed by atoms with Crippen LogP contribution in [-0.2, 0) is 6.61 Å². The molecule has 2 aromatic rings. The maximum absolute atomic E-state index is 8.80. The van der Waals surface area contributed by atoms with Gasteiger partial charge in [0.05, 0.1) is 0 Å². The van der Waals surface area contributed by atoms with Gasteiger partial charge in [-0.25, -0.2) is 0 Å². The van der Waals surface area contributed by atoms with Crippen LogP contribution in [0.15, 0.2) is 28.8 Å². The van der Waals surface area contributed by atoms with Gasteiger partial charge in [0.1, 0.15) is 0 Å². The number of aliphatic hydroxyl groups excluding tert-OH is 1. The molecule has 0 aliphatic carbocycles. The molecule has 1 N–H and O–H groups in total. The Hall–Kier alpha value is -1.09. The molecule has 2 nitrogen and oxygen atoms in total. The van der Waals surface area contributed by atoms with E-state index in [2.05, 4.69) is 0 Å². The Morgan fingerprint density at radius 1 is 1.45 bits per heavy atom. The topological polar surface area (TPSA) is 33.4 Å². The molecule has 11 heavy (non-hydrogen) atoms. The second-order valence-corrected chi connectivity index (χ2v) is 2.45. The molecule has 0 amide bonds. The minimum absolute atomic E-state index is 0.0844. The van der Waals surface area contributed by atoms with Crippen LogP contribution in [0.25, 0.3) is 10.9 Å². The molecule has 0 atom stereocenters. The molecule has 0 unspecified atom stereocenters. The van der Waals surface area contributed by atoms with Crippen LogP contribution >= 0.6 is 0 Å². The van der Waals surface area contributed by atoms with E-state index in [9.17, 15) is 0 Å². The second-order valence-electron chi connectivity index (χ2n) is 2.45. The molecule has 0 aliphatic heterocycles. The fourth-order valence-corrected chi connectivity index (χ4v) is 1.11. The molecule has 54 valence electrons. The van der Waals surface area contributed by atoms with Crippen LogP contribution in [0.3, 0.4) is 0 Å². The molecule has 1 heterocycles. The van der Waals surface area contributed by atoms with Crippen LogP contribution in [0.5, 0.6) is 0 Å². The van der Waals surface area contributed by atoms with Gasteiger partial charge < -0.3 is 0 Å². The molecule has 0 aliphatic rings. The zero-order valence-corrected chi connectivity index (χ0v) is 5.95. The number of hydrogen-bond donors (Lipinski definition) is 1. The van der Waals surface area contributed by atoms with E-state index >= 15 is 0 Å². The predicted octanol–water partition coefficient (Wildman–Crippen LogP) is 1.26. The van der Waals surface area contributed by atoms with Gasteiger partial charge >= 0.3 is 63.8 Å². The minimum atomic E-state index is 0.0844. The van der Waals surface area contributed by atoms with Gasteiger partial charge in [0.2, 0.25) is 0 Å². The van der Waals surface area contributed by atoms with Gasteiger partial charge in [0.25, 0.3) is 0 Å². The molecular weight excluding hydrogens is 139 g/mol. The van der Waals surface area contributed by atoms with Gasteiger partial charge in [0, 0.05) is 0 Å². The number of fused-ring (bicyclic) bond motifs is 1. The van der Waals surface area contributed by atoms with E-state index in [0.29, 0.717) is 0 Å². The number of hydrogen-bond acceptors (Lipinski definition) is 2. The standard InChI is InChI=1S/C8H7BO2/c10-4-6-1-2-8-7(3-6)9-5-11-8/h1-3,5,10H,4H2. The third-order valence-electron chi connectivity index (χ3n) is 1.70. The molecule has 0 fully saturated rings. The SMILES string of the molecule is OCc1ccc2ocbc2c1. The van der Waals surface area contributed by atoms with Crippen molar-refractivity contribution in [3.63, 3.8) is 0 Å². The van der Waals surface area contributed by atoms with Crippen LogP contribution in [0.4, 0.5) is 0 Å². The Bertz CT molecular complexity index is 367. The molecule has 3 heteroatoms.